The van der Waals surface area contributed by atoms with Crippen LogP contribution in [0, 0.1) is 0 Å². The van der Waals surface area contributed by atoms with Crippen LogP contribution in [0.2, 0.25) is 0 Å². The smallest absolute Gasteiger partial charge is 0.205 e. The van der Waals surface area contributed by atoms with E-state index in [4.69, 9.17) is 14.2 Å². The summed E-state index contributed by atoms with van der Waals surface area (Å²) < 4.78 is 18.2. The Morgan fingerprint density at radius 2 is 1.83 bits per heavy atom. The van der Waals surface area contributed by atoms with E-state index < -0.39 is 0 Å². The summed E-state index contributed by atoms with van der Waals surface area (Å²) in [4.78, 5) is 12.4. The summed E-state index contributed by atoms with van der Waals surface area (Å²) in [6, 6.07) is 3.55. The van der Waals surface area contributed by atoms with E-state index in [2.05, 4.69) is 21.0 Å². The molecule has 0 unspecified atom stereocenters. The molecule has 2 rings (SSSR count). The number of halogens is 1. The molecule has 0 saturated carbocycles. The Morgan fingerprint density at radius 1 is 1.21 bits per heavy atom. The van der Waals surface area contributed by atoms with Crippen LogP contribution in [0.4, 0.5) is 0 Å². The molecule has 0 radical (unpaired) electrons. The number of benzene rings is 1. The highest BCUT2D eigenvalue weighted by atomic mass is 79.9. The van der Waals surface area contributed by atoms with Gasteiger partial charge in [0.1, 0.15) is 5.69 Å². The Balaban J connectivity index is 2.35. The third-order valence-electron chi connectivity index (χ3n) is 3.44. The summed E-state index contributed by atoms with van der Waals surface area (Å²) in [5.74, 6) is 1.43. The average molecular weight is 395 g/mol. The number of nitrogens with zero attached hydrogens (tertiary/aromatic N) is 2. The molecule has 0 amide bonds. The molecule has 6 nitrogen and oxygen atoms in total. The van der Waals surface area contributed by atoms with Crippen LogP contribution in [-0.4, -0.2) is 36.9 Å². The lowest BCUT2D eigenvalue weighted by Gasteiger charge is -2.12. The van der Waals surface area contributed by atoms with Gasteiger partial charge in [-0.1, -0.05) is 6.08 Å². The standard InChI is InChI=1S/C17H19BrN2O4/c1-5-20-16(12(18)10-19-20)13(21)7-6-11-8-14(22-2)17(24-4)15(9-11)23-3/h6-10H,5H2,1-4H3/b7-6+. The molecular formula is C17H19BrN2O4. The molecule has 1 heterocycles. The van der Waals surface area contributed by atoms with E-state index in [1.807, 2.05) is 6.92 Å². The van der Waals surface area contributed by atoms with Gasteiger partial charge >= 0.3 is 0 Å². The van der Waals surface area contributed by atoms with E-state index in [0.29, 0.717) is 34.0 Å². The first kappa shape index (κ1) is 18.1. The van der Waals surface area contributed by atoms with Crippen LogP contribution < -0.4 is 14.2 Å². The summed E-state index contributed by atoms with van der Waals surface area (Å²) in [6.07, 6.45) is 4.81. The number of carbonyl (C=O) groups is 1. The van der Waals surface area contributed by atoms with Crippen molar-refractivity contribution in [2.45, 2.75) is 13.5 Å². The topological polar surface area (TPSA) is 62.6 Å². The number of ether oxygens (including phenoxy) is 3. The summed E-state index contributed by atoms with van der Waals surface area (Å²) in [7, 11) is 4.64. The number of carbonyl (C=O) groups excluding carboxylic acids is 1. The van der Waals surface area contributed by atoms with Crippen molar-refractivity contribution in [2.24, 2.45) is 0 Å². The maximum atomic E-state index is 12.4. The van der Waals surface area contributed by atoms with Crippen molar-refractivity contribution in [2.75, 3.05) is 21.3 Å². The minimum Gasteiger partial charge on any atom is -0.493 e. The zero-order chi connectivity index (χ0) is 17.7. The highest BCUT2D eigenvalue weighted by Crippen LogP contribution is 2.38. The third kappa shape index (κ3) is 3.62. The van der Waals surface area contributed by atoms with Crippen molar-refractivity contribution in [3.63, 3.8) is 0 Å². The van der Waals surface area contributed by atoms with Crippen molar-refractivity contribution in [3.8, 4) is 17.2 Å². The van der Waals surface area contributed by atoms with Crippen LogP contribution in [0.5, 0.6) is 17.2 Å². The second kappa shape index (κ2) is 8.01. The maximum Gasteiger partial charge on any atom is 0.205 e. The van der Waals surface area contributed by atoms with Gasteiger partial charge < -0.3 is 14.2 Å². The number of aryl methyl sites for hydroxylation is 1. The number of aromatic nitrogens is 2. The predicted octanol–water partition coefficient (Wildman–Crippen LogP) is 3.59. The van der Waals surface area contributed by atoms with Gasteiger partial charge in [0.05, 0.1) is 32.0 Å². The van der Waals surface area contributed by atoms with Gasteiger partial charge in [-0.05, 0) is 46.6 Å². The molecule has 1 aromatic heterocycles. The number of hydrogen-bond donors (Lipinski definition) is 0. The average Bonchev–Trinajstić information content (AvgIpc) is 2.99. The van der Waals surface area contributed by atoms with Crippen molar-refractivity contribution in [1.29, 1.82) is 0 Å². The Hall–Kier alpha value is -2.28. The van der Waals surface area contributed by atoms with Gasteiger partial charge in [0.2, 0.25) is 11.5 Å². The fourth-order valence-corrected chi connectivity index (χ4v) is 2.79. The van der Waals surface area contributed by atoms with Crippen molar-refractivity contribution >= 4 is 27.8 Å². The van der Waals surface area contributed by atoms with E-state index >= 15 is 0 Å². The molecular weight excluding hydrogens is 376 g/mol. The Bertz CT molecular complexity index is 743. The lowest BCUT2D eigenvalue weighted by molar-refractivity contribution is 0.103. The fourth-order valence-electron chi connectivity index (χ4n) is 2.30. The number of methoxy groups -OCH3 is 3. The van der Waals surface area contributed by atoms with Gasteiger partial charge in [0.15, 0.2) is 11.5 Å². The molecule has 2 aromatic rings. The van der Waals surface area contributed by atoms with Crippen LogP contribution in [0.15, 0.2) is 28.9 Å². The fraction of sp³-hybridized carbons (Fsp3) is 0.294. The van der Waals surface area contributed by atoms with Crippen molar-refractivity contribution in [1.82, 2.24) is 9.78 Å². The molecule has 0 aliphatic carbocycles. The second-order valence-corrected chi connectivity index (χ2v) is 5.67. The molecule has 7 heteroatoms. The van der Waals surface area contributed by atoms with Crippen molar-refractivity contribution < 1.29 is 19.0 Å². The molecule has 1 aromatic carbocycles. The van der Waals surface area contributed by atoms with E-state index in [9.17, 15) is 4.79 Å². The molecule has 0 saturated heterocycles. The number of hydrogen-bond acceptors (Lipinski definition) is 5. The molecule has 0 fully saturated rings. The lowest BCUT2D eigenvalue weighted by atomic mass is 10.1. The molecule has 0 bridgehead atoms. The van der Waals surface area contributed by atoms with Crippen molar-refractivity contribution in [3.05, 3.63) is 40.1 Å². The highest BCUT2D eigenvalue weighted by molar-refractivity contribution is 9.10. The van der Waals surface area contributed by atoms with Gasteiger partial charge in [-0.15, -0.1) is 0 Å². The summed E-state index contributed by atoms with van der Waals surface area (Å²) in [5.41, 5.74) is 1.28. The normalized spacial score (nSPS) is 10.9. The van der Waals surface area contributed by atoms with E-state index in [-0.39, 0.29) is 5.78 Å². The van der Waals surface area contributed by atoms with Gasteiger partial charge in [-0.3, -0.25) is 9.48 Å². The first-order valence-electron chi connectivity index (χ1n) is 7.29. The van der Waals surface area contributed by atoms with E-state index in [0.717, 1.165) is 5.56 Å². The molecule has 0 aliphatic rings. The zero-order valence-electron chi connectivity index (χ0n) is 14.0. The Kier molecular flexibility index (Phi) is 6.03. The largest absolute Gasteiger partial charge is 0.493 e. The first-order chi connectivity index (χ1) is 11.5. The highest BCUT2D eigenvalue weighted by Gasteiger charge is 2.15. The summed E-state index contributed by atoms with van der Waals surface area (Å²) in [6.45, 7) is 2.55. The molecule has 0 atom stereocenters. The minimum absolute atomic E-state index is 0.144. The van der Waals surface area contributed by atoms with E-state index in [1.54, 1.807) is 50.4 Å². The third-order valence-corrected chi connectivity index (χ3v) is 4.02. The Labute approximate surface area is 149 Å². The Morgan fingerprint density at radius 3 is 2.33 bits per heavy atom. The van der Waals surface area contributed by atoms with Crippen LogP contribution in [0.3, 0.4) is 0 Å². The minimum atomic E-state index is -0.144. The number of ketones is 1. The summed E-state index contributed by atoms with van der Waals surface area (Å²) >= 11 is 3.35. The quantitative estimate of drug-likeness (QED) is 0.530. The first-order valence-corrected chi connectivity index (χ1v) is 8.08. The van der Waals surface area contributed by atoms with Crippen LogP contribution in [-0.2, 0) is 6.54 Å². The van der Waals surface area contributed by atoms with Crippen LogP contribution >= 0.6 is 15.9 Å². The van der Waals surface area contributed by atoms with Crippen LogP contribution in [0.1, 0.15) is 23.0 Å². The SMILES string of the molecule is CCn1ncc(Br)c1C(=O)/C=C/c1cc(OC)c(OC)c(OC)c1. The number of rotatable bonds is 7. The van der Waals surface area contributed by atoms with Crippen LogP contribution in [0.25, 0.3) is 6.08 Å². The maximum absolute atomic E-state index is 12.4. The second-order valence-electron chi connectivity index (χ2n) is 4.81. The predicted molar refractivity (Wildman–Crippen MR) is 95.1 cm³/mol. The number of allylic oxidation sites excluding steroid dienone is 1. The molecule has 24 heavy (non-hydrogen) atoms. The van der Waals surface area contributed by atoms with E-state index in [1.165, 1.54) is 6.08 Å². The summed E-state index contributed by atoms with van der Waals surface area (Å²) in [5, 5.41) is 4.15. The molecule has 0 aliphatic heterocycles. The van der Waals surface area contributed by atoms with Gasteiger partial charge in [-0.2, -0.15) is 5.10 Å². The zero-order valence-corrected chi connectivity index (χ0v) is 15.6. The monoisotopic (exact) mass is 394 g/mol. The molecule has 0 spiro atoms. The van der Waals surface area contributed by atoms with Gasteiger partial charge in [0, 0.05) is 6.54 Å². The molecule has 0 N–H and O–H groups in total. The van der Waals surface area contributed by atoms with Gasteiger partial charge in [-0.25, -0.2) is 0 Å². The lowest BCUT2D eigenvalue weighted by Crippen LogP contribution is -2.07. The molecule has 128 valence electrons. The van der Waals surface area contributed by atoms with Gasteiger partial charge in [0.25, 0.3) is 0 Å².